The molecule has 0 amide bonds. The quantitative estimate of drug-likeness (QED) is 0.210. The zero-order chi connectivity index (χ0) is 37.7. The summed E-state index contributed by atoms with van der Waals surface area (Å²) in [5.74, 6) is 0.384. The van der Waals surface area contributed by atoms with Crippen molar-refractivity contribution in [1.29, 1.82) is 0 Å². The average Bonchev–Trinajstić information content (AvgIpc) is 3.78. The van der Waals surface area contributed by atoms with Gasteiger partial charge in [-0.05, 0) is 29.3 Å². The van der Waals surface area contributed by atoms with E-state index in [1.165, 1.54) is 4.57 Å². The molecule has 0 atom stereocenters. The zero-order valence-corrected chi connectivity index (χ0v) is 22.8. The lowest BCUT2D eigenvalue weighted by molar-refractivity contribution is 0.670. The molecule has 5 nitrogen and oxygen atoms in total. The summed E-state index contributed by atoms with van der Waals surface area (Å²) in [5, 5.41) is -0.318. The number of nitrogens with zero attached hydrogens (tertiary/aromatic N) is 4. The van der Waals surface area contributed by atoms with E-state index in [1.807, 2.05) is 84.9 Å². The topological polar surface area (TPSA) is 56.7 Å². The van der Waals surface area contributed by atoms with Crippen LogP contribution in [-0.4, -0.2) is 19.5 Å². The van der Waals surface area contributed by atoms with E-state index in [0.717, 1.165) is 11.1 Å². The maximum atomic E-state index is 9.26. The number of furan rings is 1. The SMILES string of the molecule is [2H]c1c([2H])c([2H])c2c(oc3c2c([2H])c([2H])c2c4c([2H])c([2H])c([2H])c([2H])c4n(-c4nc(-c5ccccc5)nc(-c5ccc(-c6ccccc6)cc5)n4)c32)c1[2H]. The number of aromatic nitrogens is 4. The van der Waals surface area contributed by atoms with E-state index < -0.39 is 60.4 Å². The molecule has 0 N–H and O–H groups in total. The van der Waals surface area contributed by atoms with Gasteiger partial charge in [-0.3, -0.25) is 4.57 Å². The van der Waals surface area contributed by atoms with E-state index in [2.05, 4.69) is 0 Å². The number of hydrogen-bond acceptors (Lipinski definition) is 4. The Morgan fingerprint density at radius 3 is 1.82 bits per heavy atom. The Bertz CT molecular complexity index is 3040. The summed E-state index contributed by atoms with van der Waals surface area (Å²) in [5.41, 5.74) is 2.75. The molecule has 0 saturated heterocycles. The second-order valence-electron chi connectivity index (χ2n) is 10.1. The van der Waals surface area contributed by atoms with Crippen LogP contribution in [0.25, 0.3) is 83.6 Å². The highest BCUT2D eigenvalue weighted by Crippen LogP contribution is 2.40. The van der Waals surface area contributed by atoms with E-state index in [0.29, 0.717) is 11.1 Å². The van der Waals surface area contributed by atoms with Gasteiger partial charge in [0.2, 0.25) is 5.95 Å². The van der Waals surface area contributed by atoms with Crippen LogP contribution in [0.3, 0.4) is 0 Å². The van der Waals surface area contributed by atoms with E-state index in [1.54, 1.807) is 0 Å². The lowest BCUT2D eigenvalue weighted by atomic mass is 10.0. The molecule has 0 aliphatic heterocycles. The second kappa shape index (κ2) is 9.75. The minimum Gasteiger partial charge on any atom is -0.454 e. The predicted octanol–water partition coefficient (Wildman–Crippen LogP) is 9.87. The minimum absolute atomic E-state index is 0.00310. The fourth-order valence-electron chi connectivity index (χ4n) is 5.52. The van der Waals surface area contributed by atoms with Gasteiger partial charge in [0.05, 0.1) is 19.2 Å². The van der Waals surface area contributed by atoms with Gasteiger partial charge in [0, 0.05) is 32.7 Å². The van der Waals surface area contributed by atoms with Gasteiger partial charge < -0.3 is 4.42 Å². The maximum absolute atomic E-state index is 9.26. The Morgan fingerprint density at radius 2 is 1.07 bits per heavy atom. The second-order valence-corrected chi connectivity index (χ2v) is 10.1. The molecule has 3 aromatic heterocycles. The molecule has 0 bridgehead atoms. The molecule has 9 rings (SSSR count). The van der Waals surface area contributed by atoms with Gasteiger partial charge in [-0.25, -0.2) is 4.98 Å². The third-order valence-electron chi connectivity index (χ3n) is 7.57. The maximum Gasteiger partial charge on any atom is 0.238 e. The lowest BCUT2D eigenvalue weighted by Crippen LogP contribution is -2.06. The van der Waals surface area contributed by atoms with Crippen molar-refractivity contribution in [3.05, 3.63) is 145 Å². The molecule has 0 saturated carbocycles. The Morgan fingerprint density at radius 1 is 0.500 bits per heavy atom. The molecular formula is C39H24N4O. The van der Waals surface area contributed by atoms with Crippen LogP contribution in [0, 0.1) is 0 Å². The third-order valence-corrected chi connectivity index (χ3v) is 7.57. The minimum atomic E-state index is -0.554. The van der Waals surface area contributed by atoms with Crippen LogP contribution in [0.5, 0.6) is 0 Å². The molecule has 0 unspecified atom stereocenters. The fraction of sp³-hybridized carbons (Fsp3) is 0. The Labute approximate surface area is 266 Å². The van der Waals surface area contributed by atoms with Crippen molar-refractivity contribution in [2.75, 3.05) is 0 Å². The fourth-order valence-corrected chi connectivity index (χ4v) is 5.52. The molecular weight excluding hydrogens is 540 g/mol. The van der Waals surface area contributed by atoms with Crippen molar-refractivity contribution in [1.82, 2.24) is 19.5 Å². The predicted molar refractivity (Wildman–Crippen MR) is 178 cm³/mol. The van der Waals surface area contributed by atoms with Crippen LogP contribution in [0.4, 0.5) is 0 Å². The van der Waals surface area contributed by atoms with E-state index in [4.69, 9.17) is 31.7 Å². The molecule has 44 heavy (non-hydrogen) atoms. The van der Waals surface area contributed by atoms with E-state index in [9.17, 15) is 1.37 Å². The first-order valence-corrected chi connectivity index (χ1v) is 13.8. The summed E-state index contributed by atoms with van der Waals surface area (Å²) < 4.78 is 95.2. The van der Waals surface area contributed by atoms with Gasteiger partial charge >= 0.3 is 0 Å². The molecule has 0 aliphatic carbocycles. The largest absolute Gasteiger partial charge is 0.454 e. The zero-order valence-electron chi connectivity index (χ0n) is 32.8. The summed E-state index contributed by atoms with van der Waals surface area (Å²) in [6.45, 7) is 0. The Hall–Kier alpha value is -6.07. The normalized spacial score (nSPS) is 14.8. The summed E-state index contributed by atoms with van der Waals surface area (Å²) in [4.78, 5) is 14.5. The van der Waals surface area contributed by atoms with Crippen LogP contribution < -0.4 is 0 Å². The Balaban J connectivity index is 1.46. The number of benzene rings is 6. The van der Waals surface area contributed by atoms with Crippen molar-refractivity contribution < 1.29 is 18.1 Å². The van der Waals surface area contributed by atoms with Crippen molar-refractivity contribution in [3.63, 3.8) is 0 Å². The van der Waals surface area contributed by atoms with Gasteiger partial charge in [0.15, 0.2) is 17.2 Å². The van der Waals surface area contributed by atoms with E-state index in [-0.39, 0.29) is 61.3 Å². The van der Waals surface area contributed by atoms with Gasteiger partial charge in [0.25, 0.3) is 0 Å². The molecule has 0 aliphatic rings. The molecule has 3 heterocycles. The van der Waals surface area contributed by atoms with Crippen molar-refractivity contribution >= 4 is 43.7 Å². The van der Waals surface area contributed by atoms with E-state index >= 15 is 0 Å². The molecule has 206 valence electrons. The van der Waals surface area contributed by atoms with Gasteiger partial charge in [0.1, 0.15) is 11.1 Å². The standard InChI is InChI=1S/C39H24N4O/c1-3-11-25(12-4-1)26-19-21-28(22-20-26)38-40-37(27-13-5-2-6-14-27)41-39(42-38)43-33-17-9-7-15-29(33)31-23-24-32-30-16-8-10-18-34(30)44-36(32)35(31)43/h1-24H/i7D,8D,9D,10D,15D,16D,17D,18D,23D,24D. The first-order valence-electron chi connectivity index (χ1n) is 18.8. The third kappa shape index (κ3) is 3.83. The first-order chi connectivity index (χ1) is 26.0. The molecule has 0 spiro atoms. The monoisotopic (exact) mass is 574 g/mol. The van der Waals surface area contributed by atoms with Crippen molar-refractivity contribution in [3.8, 4) is 39.9 Å². The van der Waals surface area contributed by atoms with Gasteiger partial charge in [-0.15, -0.1) is 0 Å². The van der Waals surface area contributed by atoms with Gasteiger partial charge in [-0.1, -0.05) is 127 Å². The highest BCUT2D eigenvalue weighted by molar-refractivity contribution is 6.21. The molecule has 9 aromatic rings. The summed E-state index contributed by atoms with van der Waals surface area (Å²) in [6, 6.07) is 21.6. The van der Waals surface area contributed by atoms with Crippen molar-refractivity contribution in [2.45, 2.75) is 0 Å². The first kappa shape index (κ1) is 16.5. The van der Waals surface area contributed by atoms with Crippen LogP contribution in [-0.2, 0) is 0 Å². The highest BCUT2D eigenvalue weighted by Gasteiger charge is 2.21. The van der Waals surface area contributed by atoms with Crippen molar-refractivity contribution in [2.24, 2.45) is 0 Å². The number of rotatable bonds is 4. The van der Waals surface area contributed by atoms with Crippen LogP contribution >= 0.6 is 0 Å². The van der Waals surface area contributed by atoms with Crippen LogP contribution in [0.1, 0.15) is 13.7 Å². The van der Waals surface area contributed by atoms with Crippen LogP contribution in [0.2, 0.25) is 0 Å². The Kier molecular flexibility index (Phi) is 3.66. The summed E-state index contributed by atoms with van der Waals surface area (Å²) in [7, 11) is 0. The highest BCUT2D eigenvalue weighted by atomic mass is 16.3. The molecule has 0 fully saturated rings. The summed E-state index contributed by atoms with van der Waals surface area (Å²) >= 11 is 0. The van der Waals surface area contributed by atoms with Crippen LogP contribution in [0.15, 0.2) is 150 Å². The summed E-state index contributed by atoms with van der Waals surface area (Å²) in [6.07, 6.45) is 0. The lowest BCUT2D eigenvalue weighted by Gasteiger charge is -2.11. The number of hydrogen-bond donors (Lipinski definition) is 0. The smallest absolute Gasteiger partial charge is 0.238 e. The number of para-hydroxylation sites is 2. The molecule has 6 aromatic carbocycles. The average molecular weight is 575 g/mol. The molecule has 5 heteroatoms. The number of fused-ring (bicyclic) bond motifs is 7. The van der Waals surface area contributed by atoms with Gasteiger partial charge in [-0.2, -0.15) is 9.97 Å². The molecule has 0 radical (unpaired) electrons.